The second kappa shape index (κ2) is 7.78. The number of likely N-dealkylation sites (tertiary alicyclic amines) is 1. The summed E-state index contributed by atoms with van der Waals surface area (Å²) in [5.74, 6) is 0.218. The Labute approximate surface area is 167 Å². The van der Waals surface area contributed by atoms with Gasteiger partial charge in [0.15, 0.2) is 0 Å². The third-order valence-corrected chi connectivity index (χ3v) is 6.00. The number of imidazole rings is 1. The molecule has 0 unspecified atom stereocenters. The van der Waals surface area contributed by atoms with Gasteiger partial charge in [0.1, 0.15) is 5.65 Å². The molecule has 0 radical (unpaired) electrons. The number of hydrogen-bond donors (Lipinski definition) is 0. The van der Waals surface area contributed by atoms with E-state index in [9.17, 15) is 4.79 Å². The molecule has 28 heavy (non-hydrogen) atoms. The van der Waals surface area contributed by atoms with E-state index in [2.05, 4.69) is 49.4 Å². The summed E-state index contributed by atoms with van der Waals surface area (Å²) in [6.07, 6.45) is 7.11. The molecule has 0 spiro atoms. The first-order valence-corrected chi connectivity index (χ1v) is 10.4. The number of rotatable bonds is 3. The third-order valence-electron chi connectivity index (χ3n) is 6.00. The number of carbonyl (C=O) groups excluding carboxylic acids is 1. The van der Waals surface area contributed by atoms with Crippen LogP contribution in [0.1, 0.15) is 48.1 Å². The van der Waals surface area contributed by atoms with E-state index in [4.69, 9.17) is 4.98 Å². The van der Waals surface area contributed by atoms with Gasteiger partial charge in [-0.05, 0) is 62.4 Å². The van der Waals surface area contributed by atoms with Gasteiger partial charge in [0.2, 0.25) is 5.91 Å². The van der Waals surface area contributed by atoms with Gasteiger partial charge in [-0.1, -0.05) is 31.0 Å². The second-order valence-corrected chi connectivity index (χ2v) is 8.06. The van der Waals surface area contributed by atoms with Crippen molar-refractivity contribution in [3.63, 3.8) is 0 Å². The zero-order chi connectivity index (χ0) is 19.7. The summed E-state index contributed by atoms with van der Waals surface area (Å²) < 4.78 is 2.11. The van der Waals surface area contributed by atoms with Gasteiger partial charge in [-0.2, -0.15) is 0 Å². The summed E-state index contributed by atoms with van der Waals surface area (Å²) in [6.45, 7) is 8.09. The summed E-state index contributed by atoms with van der Waals surface area (Å²) in [5, 5.41) is 0. The molecule has 4 rings (SSSR count). The van der Waals surface area contributed by atoms with E-state index in [0.717, 1.165) is 54.1 Å². The highest BCUT2D eigenvalue weighted by Crippen LogP contribution is 2.28. The van der Waals surface area contributed by atoms with E-state index in [-0.39, 0.29) is 5.91 Å². The molecule has 1 aliphatic heterocycles. The highest BCUT2D eigenvalue weighted by atomic mass is 16.2. The number of fused-ring (bicyclic) bond motifs is 1. The van der Waals surface area contributed by atoms with E-state index in [1.165, 1.54) is 24.0 Å². The van der Waals surface area contributed by atoms with Crippen molar-refractivity contribution in [3.8, 4) is 11.3 Å². The van der Waals surface area contributed by atoms with Gasteiger partial charge in [-0.3, -0.25) is 4.79 Å². The quantitative estimate of drug-likeness (QED) is 0.655. The maximum atomic E-state index is 13.1. The zero-order valence-electron chi connectivity index (χ0n) is 17.2. The van der Waals surface area contributed by atoms with Crippen LogP contribution < -0.4 is 0 Å². The van der Waals surface area contributed by atoms with Crippen molar-refractivity contribution in [1.29, 1.82) is 0 Å². The number of nitrogens with zero attached hydrogens (tertiary/aromatic N) is 3. The Kier molecular flexibility index (Phi) is 5.21. The van der Waals surface area contributed by atoms with Crippen LogP contribution >= 0.6 is 0 Å². The lowest BCUT2D eigenvalue weighted by molar-refractivity contribution is -0.130. The fraction of sp³-hybridized carbons (Fsp3) is 0.417. The Morgan fingerprint density at radius 3 is 2.43 bits per heavy atom. The Morgan fingerprint density at radius 2 is 1.71 bits per heavy atom. The predicted molar refractivity (Wildman–Crippen MR) is 114 cm³/mol. The molecule has 3 heterocycles. The number of hydrogen-bond acceptors (Lipinski definition) is 2. The van der Waals surface area contributed by atoms with Crippen molar-refractivity contribution in [2.24, 2.45) is 0 Å². The fourth-order valence-corrected chi connectivity index (χ4v) is 4.12. The molecular weight excluding hydrogens is 346 g/mol. The highest BCUT2D eigenvalue weighted by Gasteiger charge is 2.22. The number of amides is 1. The van der Waals surface area contributed by atoms with E-state index in [1.807, 2.05) is 17.2 Å². The first kappa shape index (κ1) is 18.7. The van der Waals surface area contributed by atoms with Crippen LogP contribution in [0.15, 0.2) is 36.5 Å². The van der Waals surface area contributed by atoms with Gasteiger partial charge in [-0.15, -0.1) is 0 Å². The number of aromatic nitrogens is 2. The Bertz CT molecular complexity index is 1010. The monoisotopic (exact) mass is 375 g/mol. The van der Waals surface area contributed by atoms with Crippen LogP contribution in [-0.2, 0) is 11.2 Å². The minimum Gasteiger partial charge on any atom is -0.342 e. The van der Waals surface area contributed by atoms with Crippen LogP contribution in [0.4, 0.5) is 0 Å². The van der Waals surface area contributed by atoms with E-state index >= 15 is 0 Å². The van der Waals surface area contributed by atoms with Crippen molar-refractivity contribution in [2.75, 3.05) is 13.1 Å². The van der Waals surface area contributed by atoms with Crippen LogP contribution in [0, 0.1) is 20.8 Å². The minimum atomic E-state index is 0.218. The van der Waals surface area contributed by atoms with Crippen LogP contribution in [0.3, 0.4) is 0 Å². The molecule has 1 saturated heterocycles. The highest BCUT2D eigenvalue weighted by molar-refractivity contribution is 5.82. The summed E-state index contributed by atoms with van der Waals surface area (Å²) in [6, 6.07) is 10.6. The molecule has 1 fully saturated rings. The smallest absolute Gasteiger partial charge is 0.228 e. The maximum absolute atomic E-state index is 13.1. The lowest BCUT2D eigenvalue weighted by Crippen LogP contribution is -2.33. The number of carbonyl (C=O) groups is 1. The molecule has 0 atom stereocenters. The van der Waals surface area contributed by atoms with Crippen LogP contribution in [-0.4, -0.2) is 33.3 Å². The lowest BCUT2D eigenvalue weighted by atomic mass is 10.0. The molecule has 0 aliphatic carbocycles. The standard InChI is InChI=1S/C24H29N3O/c1-17-10-11-20(15-19(17)3)23-21(27-14-8-9-18(2)24(27)25-23)16-22(28)26-12-6-4-5-7-13-26/h8-11,14-15H,4-7,12-13,16H2,1-3H3. The molecule has 0 N–H and O–H groups in total. The molecular formula is C24H29N3O. The molecule has 146 valence electrons. The lowest BCUT2D eigenvalue weighted by Gasteiger charge is -2.20. The van der Waals surface area contributed by atoms with Crippen LogP contribution in [0.25, 0.3) is 16.9 Å². The predicted octanol–water partition coefficient (Wildman–Crippen LogP) is 4.87. The number of pyridine rings is 1. The van der Waals surface area contributed by atoms with Crippen LogP contribution in [0.2, 0.25) is 0 Å². The van der Waals surface area contributed by atoms with Gasteiger partial charge in [0, 0.05) is 24.8 Å². The van der Waals surface area contributed by atoms with Gasteiger partial charge in [-0.25, -0.2) is 4.98 Å². The molecule has 2 aromatic heterocycles. The first-order chi connectivity index (χ1) is 13.5. The summed E-state index contributed by atoms with van der Waals surface area (Å²) in [7, 11) is 0. The second-order valence-electron chi connectivity index (χ2n) is 8.06. The third kappa shape index (κ3) is 3.56. The minimum absolute atomic E-state index is 0.218. The molecule has 1 aliphatic rings. The summed E-state index contributed by atoms with van der Waals surface area (Å²) >= 11 is 0. The number of aryl methyl sites for hydroxylation is 3. The van der Waals surface area contributed by atoms with Gasteiger partial charge < -0.3 is 9.30 Å². The Balaban J connectivity index is 1.78. The molecule has 0 bridgehead atoms. The Hall–Kier alpha value is -2.62. The molecule has 1 aromatic carbocycles. The fourth-order valence-electron chi connectivity index (χ4n) is 4.12. The van der Waals surface area contributed by atoms with Crippen molar-refractivity contribution < 1.29 is 4.79 Å². The van der Waals surface area contributed by atoms with Crippen molar-refractivity contribution in [3.05, 3.63) is 58.9 Å². The van der Waals surface area contributed by atoms with Gasteiger partial charge in [0.05, 0.1) is 17.8 Å². The summed E-state index contributed by atoms with van der Waals surface area (Å²) in [5.41, 5.74) is 7.60. The average molecular weight is 376 g/mol. The molecule has 0 saturated carbocycles. The average Bonchev–Trinajstić information content (AvgIpc) is 2.87. The summed E-state index contributed by atoms with van der Waals surface area (Å²) in [4.78, 5) is 20.1. The first-order valence-electron chi connectivity index (χ1n) is 10.4. The SMILES string of the molecule is Cc1ccc(-c2nc3c(C)cccn3c2CC(=O)N2CCCCCC2)cc1C. The maximum Gasteiger partial charge on any atom is 0.228 e. The molecule has 4 heteroatoms. The zero-order valence-corrected chi connectivity index (χ0v) is 17.2. The Morgan fingerprint density at radius 1 is 0.964 bits per heavy atom. The normalized spacial score (nSPS) is 15.0. The van der Waals surface area contributed by atoms with E-state index in [1.54, 1.807) is 0 Å². The van der Waals surface area contributed by atoms with Gasteiger partial charge in [0.25, 0.3) is 0 Å². The van der Waals surface area contributed by atoms with Crippen molar-refractivity contribution >= 4 is 11.6 Å². The van der Waals surface area contributed by atoms with Crippen LogP contribution in [0.5, 0.6) is 0 Å². The topological polar surface area (TPSA) is 37.6 Å². The molecule has 4 nitrogen and oxygen atoms in total. The molecule has 3 aromatic rings. The molecule has 1 amide bonds. The van der Waals surface area contributed by atoms with Gasteiger partial charge >= 0.3 is 0 Å². The number of benzene rings is 1. The van der Waals surface area contributed by atoms with Crippen molar-refractivity contribution in [1.82, 2.24) is 14.3 Å². The van der Waals surface area contributed by atoms with E-state index < -0.39 is 0 Å². The van der Waals surface area contributed by atoms with E-state index in [0.29, 0.717) is 6.42 Å². The van der Waals surface area contributed by atoms with Crippen molar-refractivity contribution in [2.45, 2.75) is 52.9 Å². The largest absolute Gasteiger partial charge is 0.342 e.